The summed E-state index contributed by atoms with van der Waals surface area (Å²) >= 11 is 0. The van der Waals surface area contributed by atoms with Gasteiger partial charge in [0.15, 0.2) is 5.96 Å². The van der Waals surface area contributed by atoms with Gasteiger partial charge in [0.25, 0.3) is 0 Å². The fourth-order valence-electron chi connectivity index (χ4n) is 4.12. The number of piperazine rings is 1. The molecule has 1 saturated heterocycles. The van der Waals surface area contributed by atoms with Crippen LogP contribution in [0.5, 0.6) is 0 Å². The molecular weight excluding hydrogens is 527 g/mol. The quantitative estimate of drug-likeness (QED) is 0.300. The summed E-state index contributed by atoms with van der Waals surface area (Å²) in [6, 6.07) is 4.28. The summed E-state index contributed by atoms with van der Waals surface area (Å²) in [5.74, 6) is 2.36. The zero-order valence-corrected chi connectivity index (χ0v) is 23.4. The number of nitrogens with zero attached hydrogens (tertiary/aromatic N) is 7. The number of likely N-dealkylation sites (N-methyl/N-ethyl adjacent to an activating group) is 1. The van der Waals surface area contributed by atoms with Gasteiger partial charge in [-0.3, -0.25) is 4.68 Å². The highest BCUT2D eigenvalue weighted by molar-refractivity contribution is 14.0. The van der Waals surface area contributed by atoms with Gasteiger partial charge in [0, 0.05) is 71.3 Å². The molecule has 0 aliphatic carbocycles. The third-order valence-electron chi connectivity index (χ3n) is 5.95. The van der Waals surface area contributed by atoms with Crippen molar-refractivity contribution in [2.75, 3.05) is 51.2 Å². The number of hydrogen-bond acceptors (Lipinski definition) is 5. The third-order valence-corrected chi connectivity index (χ3v) is 5.95. The Labute approximate surface area is 216 Å². The monoisotopic (exact) mass is 568 g/mol. The average Bonchev–Trinajstić information content (AvgIpc) is 3.17. The van der Waals surface area contributed by atoms with Crippen LogP contribution in [0.1, 0.15) is 50.4 Å². The van der Waals surface area contributed by atoms with Crippen molar-refractivity contribution in [3.8, 4) is 0 Å². The van der Waals surface area contributed by atoms with E-state index in [9.17, 15) is 0 Å². The smallest absolute Gasteiger partial charge is 0.194 e. The highest BCUT2D eigenvalue weighted by Crippen LogP contribution is 2.19. The Hall–Kier alpha value is -1.88. The number of guanidine groups is 1. The Morgan fingerprint density at radius 2 is 1.91 bits per heavy atom. The van der Waals surface area contributed by atoms with Gasteiger partial charge >= 0.3 is 0 Å². The number of halogens is 1. The normalized spacial score (nSPS) is 15.0. The second kappa shape index (κ2) is 13.1. The van der Waals surface area contributed by atoms with E-state index in [2.05, 4.69) is 78.2 Å². The van der Waals surface area contributed by atoms with Crippen molar-refractivity contribution in [3.63, 3.8) is 0 Å². The first kappa shape index (κ1) is 27.4. The van der Waals surface area contributed by atoms with Gasteiger partial charge in [-0.15, -0.1) is 24.0 Å². The van der Waals surface area contributed by atoms with Crippen LogP contribution in [0.4, 0.5) is 5.82 Å². The maximum absolute atomic E-state index is 4.87. The minimum atomic E-state index is 0. The van der Waals surface area contributed by atoms with Gasteiger partial charge in [0.1, 0.15) is 5.82 Å². The summed E-state index contributed by atoms with van der Waals surface area (Å²) in [5.41, 5.74) is 3.51. The molecule has 0 radical (unpaired) electrons. The highest BCUT2D eigenvalue weighted by atomic mass is 127. The number of rotatable bonds is 8. The van der Waals surface area contributed by atoms with Crippen molar-refractivity contribution in [2.45, 2.75) is 46.7 Å². The Morgan fingerprint density at radius 3 is 2.48 bits per heavy atom. The number of pyridine rings is 1. The molecular formula is C24H41IN8. The highest BCUT2D eigenvalue weighted by Gasteiger charge is 2.17. The standard InChI is InChI=1S/C24H40N8.HI/c1-7-25-24(29(5)17-21-18-30(6)28-23(21)19(3)4)27-16-20-9-10-22(26-15-20)32-13-11-31(8-2)12-14-32;/h9-10,15,18-19H,7-8,11-14,16-17H2,1-6H3,(H,25,27);1H. The van der Waals surface area contributed by atoms with Crippen LogP contribution >= 0.6 is 24.0 Å². The molecule has 1 fully saturated rings. The van der Waals surface area contributed by atoms with Crippen molar-refractivity contribution in [1.29, 1.82) is 0 Å². The van der Waals surface area contributed by atoms with E-state index in [4.69, 9.17) is 9.98 Å². The predicted octanol–water partition coefficient (Wildman–Crippen LogP) is 3.30. The fraction of sp³-hybridized carbons (Fsp3) is 0.625. The SMILES string of the molecule is CCNC(=NCc1ccc(N2CCN(CC)CC2)nc1)N(C)Cc1cn(C)nc1C(C)C.I. The number of aromatic nitrogens is 3. The molecule has 1 N–H and O–H groups in total. The molecule has 2 aromatic heterocycles. The fourth-order valence-corrected chi connectivity index (χ4v) is 4.12. The first-order chi connectivity index (χ1) is 15.4. The second-order valence-corrected chi connectivity index (χ2v) is 8.84. The summed E-state index contributed by atoms with van der Waals surface area (Å²) in [7, 11) is 4.06. The summed E-state index contributed by atoms with van der Waals surface area (Å²) in [5, 5.41) is 8.05. The summed E-state index contributed by atoms with van der Waals surface area (Å²) in [6.07, 6.45) is 4.07. The van der Waals surface area contributed by atoms with Gasteiger partial charge < -0.3 is 20.0 Å². The van der Waals surface area contributed by atoms with Crippen molar-refractivity contribution in [2.24, 2.45) is 12.0 Å². The largest absolute Gasteiger partial charge is 0.357 e. The Balaban J connectivity index is 0.00000385. The molecule has 33 heavy (non-hydrogen) atoms. The van der Waals surface area contributed by atoms with Gasteiger partial charge in [-0.1, -0.05) is 26.8 Å². The minimum Gasteiger partial charge on any atom is -0.357 e. The molecule has 0 saturated carbocycles. The van der Waals surface area contributed by atoms with Crippen LogP contribution in [0, 0.1) is 0 Å². The van der Waals surface area contributed by atoms with Gasteiger partial charge in [-0.25, -0.2) is 9.98 Å². The molecule has 1 aliphatic rings. The molecule has 0 unspecified atom stereocenters. The van der Waals surface area contributed by atoms with Gasteiger partial charge in [-0.2, -0.15) is 5.10 Å². The first-order valence-electron chi connectivity index (χ1n) is 11.8. The van der Waals surface area contributed by atoms with Crippen LogP contribution in [0.25, 0.3) is 0 Å². The zero-order valence-electron chi connectivity index (χ0n) is 21.1. The molecule has 0 bridgehead atoms. The number of anilines is 1. The lowest BCUT2D eigenvalue weighted by atomic mass is 10.1. The van der Waals surface area contributed by atoms with Gasteiger partial charge in [0.05, 0.1) is 12.2 Å². The molecule has 0 atom stereocenters. The average molecular weight is 569 g/mol. The lowest BCUT2D eigenvalue weighted by molar-refractivity contribution is 0.270. The van der Waals surface area contributed by atoms with Crippen molar-refractivity contribution in [1.82, 2.24) is 29.9 Å². The Bertz CT molecular complexity index is 869. The number of nitrogens with one attached hydrogen (secondary N) is 1. The van der Waals surface area contributed by atoms with E-state index in [-0.39, 0.29) is 24.0 Å². The maximum Gasteiger partial charge on any atom is 0.194 e. The molecule has 8 nitrogen and oxygen atoms in total. The van der Waals surface area contributed by atoms with E-state index in [1.807, 2.05) is 17.9 Å². The van der Waals surface area contributed by atoms with Crippen molar-refractivity contribution in [3.05, 3.63) is 41.3 Å². The topological polar surface area (TPSA) is 64.8 Å². The lowest BCUT2D eigenvalue weighted by Gasteiger charge is -2.34. The molecule has 0 amide bonds. The predicted molar refractivity (Wildman–Crippen MR) is 148 cm³/mol. The number of aryl methyl sites for hydroxylation is 1. The van der Waals surface area contributed by atoms with E-state index >= 15 is 0 Å². The van der Waals surface area contributed by atoms with Gasteiger partial charge in [-0.05, 0) is 31.0 Å². The lowest BCUT2D eigenvalue weighted by Crippen LogP contribution is -2.46. The molecule has 0 spiro atoms. The molecule has 1 aliphatic heterocycles. The van der Waals surface area contributed by atoms with Crippen LogP contribution in [-0.2, 0) is 20.1 Å². The Kier molecular flexibility index (Phi) is 10.9. The molecule has 0 aromatic carbocycles. The van der Waals surface area contributed by atoms with Crippen LogP contribution < -0.4 is 10.2 Å². The Morgan fingerprint density at radius 1 is 1.18 bits per heavy atom. The van der Waals surface area contributed by atoms with Crippen molar-refractivity contribution >= 4 is 35.8 Å². The van der Waals surface area contributed by atoms with Crippen LogP contribution in [-0.4, -0.2) is 76.8 Å². The van der Waals surface area contributed by atoms with E-state index in [1.165, 1.54) is 5.56 Å². The maximum atomic E-state index is 4.87. The molecule has 3 heterocycles. The van der Waals surface area contributed by atoms with Crippen LogP contribution in [0.3, 0.4) is 0 Å². The summed E-state index contributed by atoms with van der Waals surface area (Å²) in [4.78, 5) is 16.6. The molecule has 3 rings (SSSR count). The van der Waals surface area contributed by atoms with Crippen LogP contribution in [0.15, 0.2) is 29.5 Å². The second-order valence-electron chi connectivity index (χ2n) is 8.84. The number of aliphatic imine (C=N–C) groups is 1. The van der Waals surface area contributed by atoms with E-state index < -0.39 is 0 Å². The zero-order chi connectivity index (χ0) is 23.1. The van der Waals surface area contributed by atoms with E-state index in [0.29, 0.717) is 12.5 Å². The minimum absolute atomic E-state index is 0. The van der Waals surface area contributed by atoms with Gasteiger partial charge in [0.2, 0.25) is 0 Å². The first-order valence-corrected chi connectivity index (χ1v) is 11.8. The van der Waals surface area contributed by atoms with E-state index in [0.717, 1.165) is 68.8 Å². The summed E-state index contributed by atoms with van der Waals surface area (Å²) < 4.78 is 1.90. The molecule has 184 valence electrons. The molecule has 9 heteroatoms. The summed E-state index contributed by atoms with van der Waals surface area (Å²) in [6.45, 7) is 16.3. The molecule has 2 aromatic rings. The van der Waals surface area contributed by atoms with Crippen LogP contribution in [0.2, 0.25) is 0 Å². The number of hydrogen-bond donors (Lipinski definition) is 1. The van der Waals surface area contributed by atoms with E-state index in [1.54, 1.807) is 0 Å². The third kappa shape index (κ3) is 7.56. The van der Waals surface area contributed by atoms with Crippen molar-refractivity contribution < 1.29 is 0 Å².